The van der Waals surface area contributed by atoms with Gasteiger partial charge in [0.15, 0.2) is 6.61 Å². The molecule has 0 fully saturated rings. The van der Waals surface area contributed by atoms with Crippen molar-refractivity contribution in [2.24, 2.45) is 0 Å². The molecule has 5 nitrogen and oxygen atoms in total. The summed E-state index contributed by atoms with van der Waals surface area (Å²) in [5, 5.41) is 6.84. The largest absolute Gasteiger partial charge is 0.495 e. The van der Waals surface area contributed by atoms with E-state index in [2.05, 4.69) is 5.32 Å². The predicted octanol–water partition coefficient (Wildman–Crippen LogP) is 5.77. The summed E-state index contributed by atoms with van der Waals surface area (Å²) >= 11 is 0. The van der Waals surface area contributed by atoms with Crippen molar-refractivity contribution >= 4 is 44.3 Å². The fourth-order valence-corrected chi connectivity index (χ4v) is 3.67. The summed E-state index contributed by atoms with van der Waals surface area (Å²) in [5.74, 6) is 0.951. The Morgan fingerprint density at radius 3 is 2.47 bits per heavy atom. The molecule has 0 radical (unpaired) electrons. The van der Waals surface area contributed by atoms with E-state index in [0.29, 0.717) is 22.8 Å². The Labute approximate surface area is 172 Å². The molecule has 0 aliphatic carbocycles. The van der Waals surface area contributed by atoms with Gasteiger partial charge in [0.25, 0.3) is 5.91 Å². The maximum absolute atomic E-state index is 12.6. The van der Waals surface area contributed by atoms with Crippen molar-refractivity contribution in [2.75, 3.05) is 19.0 Å². The third-order valence-electron chi connectivity index (χ3n) is 5.08. The van der Waals surface area contributed by atoms with Gasteiger partial charge in [-0.05, 0) is 23.6 Å². The Bertz CT molecular complexity index is 1380. The minimum atomic E-state index is -0.281. The van der Waals surface area contributed by atoms with E-state index in [4.69, 9.17) is 13.9 Å². The van der Waals surface area contributed by atoms with Crippen LogP contribution in [0.5, 0.6) is 11.5 Å². The van der Waals surface area contributed by atoms with Crippen LogP contribution in [0, 0.1) is 0 Å². The fourth-order valence-electron chi connectivity index (χ4n) is 3.67. The van der Waals surface area contributed by atoms with E-state index in [-0.39, 0.29) is 12.5 Å². The number of fused-ring (bicyclic) bond motifs is 4. The molecule has 4 aromatic carbocycles. The molecule has 0 saturated heterocycles. The highest BCUT2D eigenvalue weighted by atomic mass is 16.5. The number of carbonyl (C=O) groups excluding carboxylic acids is 1. The highest BCUT2D eigenvalue weighted by Crippen LogP contribution is 2.36. The Kier molecular flexibility index (Phi) is 4.48. The zero-order valence-corrected chi connectivity index (χ0v) is 16.3. The van der Waals surface area contributed by atoms with Crippen LogP contribution < -0.4 is 14.8 Å². The van der Waals surface area contributed by atoms with Crippen LogP contribution in [-0.2, 0) is 4.79 Å². The predicted molar refractivity (Wildman–Crippen MR) is 118 cm³/mol. The third kappa shape index (κ3) is 3.20. The Hall–Kier alpha value is -3.99. The average molecular weight is 397 g/mol. The molecule has 1 heterocycles. The highest BCUT2D eigenvalue weighted by molar-refractivity contribution is 6.07. The van der Waals surface area contributed by atoms with Crippen molar-refractivity contribution in [3.8, 4) is 11.5 Å². The number of rotatable bonds is 5. The average Bonchev–Trinajstić information content (AvgIpc) is 3.14. The van der Waals surface area contributed by atoms with E-state index in [1.807, 2.05) is 72.8 Å². The van der Waals surface area contributed by atoms with Crippen LogP contribution >= 0.6 is 0 Å². The van der Waals surface area contributed by atoms with Crippen LogP contribution in [-0.4, -0.2) is 19.6 Å². The van der Waals surface area contributed by atoms with Crippen molar-refractivity contribution in [2.45, 2.75) is 0 Å². The number of furan rings is 1. The number of hydrogen-bond donors (Lipinski definition) is 1. The SMILES string of the molecule is COc1cc2c(cc1NC(=O)COc1cccc3ccccc13)oc1ccccc12. The molecule has 1 N–H and O–H groups in total. The molecule has 5 rings (SSSR count). The van der Waals surface area contributed by atoms with Crippen LogP contribution in [0.4, 0.5) is 5.69 Å². The van der Waals surface area contributed by atoms with Crippen molar-refractivity contribution in [1.82, 2.24) is 0 Å². The molecular weight excluding hydrogens is 378 g/mol. The minimum absolute atomic E-state index is 0.116. The number of anilines is 1. The number of nitrogens with one attached hydrogen (secondary N) is 1. The lowest BCUT2D eigenvalue weighted by atomic mass is 10.1. The van der Waals surface area contributed by atoms with Gasteiger partial charge in [-0.2, -0.15) is 0 Å². The smallest absolute Gasteiger partial charge is 0.262 e. The van der Waals surface area contributed by atoms with Crippen molar-refractivity contribution in [3.63, 3.8) is 0 Å². The lowest BCUT2D eigenvalue weighted by Gasteiger charge is -2.12. The number of para-hydroxylation sites is 1. The number of methoxy groups -OCH3 is 1. The zero-order valence-electron chi connectivity index (χ0n) is 16.3. The summed E-state index contributed by atoms with van der Waals surface area (Å²) in [5.41, 5.74) is 2.01. The van der Waals surface area contributed by atoms with E-state index >= 15 is 0 Å². The summed E-state index contributed by atoms with van der Waals surface area (Å²) in [6.07, 6.45) is 0. The zero-order chi connectivity index (χ0) is 20.5. The van der Waals surface area contributed by atoms with Crippen LogP contribution in [0.3, 0.4) is 0 Å². The van der Waals surface area contributed by atoms with E-state index in [0.717, 1.165) is 27.1 Å². The van der Waals surface area contributed by atoms with Gasteiger partial charge in [0.2, 0.25) is 0 Å². The van der Waals surface area contributed by atoms with Gasteiger partial charge in [-0.1, -0.05) is 54.6 Å². The molecule has 0 spiro atoms. The molecule has 0 aliphatic rings. The third-order valence-corrected chi connectivity index (χ3v) is 5.08. The van der Waals surface area contributed by atoms with E-state index in [1.54, 1.807) is 13.2 Å². The van der Waals surface area contributed by atoms with Gasteiger partial charge < -0.3 is 19.2 Å². The number of ether oxygens (including phenoxy) is 2. The lowest BCUT2D eigenvalue weighted by molar-refractivity contribution is -0.118. The van der Waals surface area contributed by atoms with E-state index < -0.39 is 0 Å². The van der Waals surface area contributed by atoms with Gasteiger partial charge in [-0.15, -0.1) is 0 Å². The maximum Gasteiger partial charge on any atom is 0.262 e. The Balaban J connectivity index is 1.39. The molecule has 0 atom stereocenters. The monoisotopic (exact) mass is 397 g/mol. The Morgan fingerprint density at radius 1 is 0.833 bits per heavy atom. The topological polar surface area (TPSA) is 60.7 Å². The van der Waals surface area contributed by atoms with Crippen LogP contribution in [0.15, 0.2) is 83.3 Å². The molecule has 5 aromatic rings. The summed E-state index contributed by atoms with van der Waals surface area (Å²) in [7, 11) is 1.58. The summed E-state index contributed by atoms with van der Waals surface area (Å²) < 4.78 is 17.2. The number of amides is 1. The van der Waals surface area contributed by atoms with Crippen LogP contribution in [0.1, 0.15) is 0 Å². The Morgan fingerprint density at radius 2 is 1.60 bits per heavy atom. The summed E-state index contributed by atoms with van der Waals surface area (Å²) in [6, 6.07) is 25.1. The molecular formula is C25H19NO4. The second-order valence-electron chi connectivity index (χ2n) is 6.96. The van der Waals surface area contributed by atoms with Crippen LogP contribution in [0.2, 0.25) is 0 Å². The van der Waals surface area contributed by atoms with E-state index in [1.165, 1.54) is 0 Å². The first-order valence-electron chi connectivity index (χ1n) is 9.62. The molecule has 1 amide bonds. The molecule has 30 heavy (non-hydrogen) atoms. The summed E-state index contributed by atoms with van der Waals surface area (Å²) in [4.78, 5) is 12.6. The summed E-state index contributed by atoms with van der Waals surface area (Å²) in [6.45, 7) is -0.116. The van der Waals surface area contributed by atoms with Gasteiger partial charge in [0, 0.05) is 22.2 Å². The van der Waals surface area contributed by atoms with Crippen molar-refractivity contribution < 1.29 is 18.7 Å². The van der Waals surface area contributed by atoms with Gasteiger partial charge in [0.05, 0.1) is 12.8 Å². The molecule has 0 saturated carbocycles. The number of carbonyl (C=O) groups is 1. The second kappa shape index (κ2) is 7.44. The van der Waals surface area contributed by atoms with E-state index in [9.17, 15) is 4.79 Å². The number of benzene rings is 4. The quantitative estimate of drug-likeness (QED) is 0.409. The molecule has 0 unspecified atom stereocenters. The normalized spacial score (nSPS) is 11.1. The molecule has 1 aromatic heterocycles. The first-order valence-corrected chi connectivity index (χ1v) is 9.62. The molecule has 0 bridgehead atoms. The molecule has 5 heteroatoms. The minimum Gasteiger partial charge on any atom is -0.495 e. The highest BCUT2D eigenvalue weighted by Gasteiger charge is 2.14. The maximum atomic E-state index is 12.6. The first kappa shape index (κ1) is 18.1. The van der Waals surface area contributed by atoms with Gasteiger partial charge >= 0.3 is 0 Å². The standard InChI is InChI=1S/C25H19NO4/c1-28-24-13-19-18-10-4-5-11-22(18)30-23(19)14-20(24)26-25(27)15-29-21-12-6-8-16-7-2-3-9-17(16)21/h2-14H,15H2,1H3,(H,26,27). The van der Waals surface area contributed by atoms with Gasteiger partial charge in [-0.25, -0.2) is 0 Å². The second-order valence-corrected chi connectivity index (χ2v) is 6.96. The first-order chi connectivity index (χ1) is 14.7. The van der Waals surface area contributed by atoms with Crippen molar-refractivity contribution in [1.29, 1.82) is 0 Å². The van der Waals surface area contributed by atoms with Crippen molar-refractivity contribution in [3.05, 3.63) is 78.9 Å². The van der Waals surface area contributed by atoms with Crippen LogP contribution in [0.25, 0.3) is 32.7 Å². The number of hydrogen-bond acceptors (Lipinski definition) is 4. The van der Waals surface area contributed by atoms with Gasteiger partial charge in [-0.3, -0.25) is 4.79 Å². The fraction of sp³-hybridized carbons (Fsp3) is 0.0800. The molecule has 148 valence electrons. The van der Waals surface area contributed by atoms with Gasteiger partial charge in [0.1, 0.15) is 22.7 Å². The molecule has 0 aliphatic heterocycles. The lowest BCUT2D eigenvalue weighted by Crippen LogP contribution is -2.20.